The minimum atomic E-state index is -0.0717. The van der Waals surface area contributed by atoms with E-state index in [1.165, 1.54) is 0 Å². The summed E-state index contributed by atoms with van der Waals surface area (Å²) < 4.78 is 0.317. The summed E-state index contributed by atoms with van der Waals surface area (Å²) in [5.74, 6) is -0.143. The zero-order chi connectivity index (χ0) is 13.4. The van der Waals surface area contributed by atoms with Gasteiger partial charge in [0.25, 0.3) is 0 Å². The highest BCUT2D eigenvalue weighted by Gasteiger charge is 2.17. The Balaban J connectivity index is 2.08. The fraction of sp³-hybridized carbons (Fsp3) is 0. The second-order valence-electron chi connectivity index (χ2n) is 4.19. The fourth-order valence-corrected chi connectivity index (χ4v) is 2.23. The fourth-order valence-electron chi connectivity index (χ4n) is 2.02. The van der Waals surface area contributed by atoms with Gasteiger partial charge in [-0.25, -0.2) is 0 Å². The number of carbonyl (C=O) groups excluding carboxylic acids is 1. The number of H-pyrrole nitrogens is 2. The Morgan fingerprint density at radius 3 is 2.68 bits per heavy atom. The molecule has 1 heterocycles. The number of allylic oxidation sites excluding steroid dienone is 2. The van der Waals surface area contributed by atoms with E-state index in [0.717, 1.165) is 5.56 Å². The average Bonchev–Trinajstić information content (AvgIpc) is 2.72. The highest BCUT2D eigenvalue weighted by atomic mass is 32.1. The second kappa shape index (κ2) is 4.37. The molecule has 4 nitrogen and oxygen atoms in total. The maximum atomic E-state index is 12.3. The number of imidazole rings is 1. The van der Waals surface area contributed by atoms with E-state index in [-0.39, 0.29) is 11.7 Å². The second-order valence-corrected chi connectivity index (χ2v) is 4.60. The number of benzene rings is 1. The summed E-state index contributed by atoms with van der Waals surface area (Å²) in [5.41, 5.74) is 2.46. The molecule has 94 valence electrons. The lowest BCUT2D eigenvalue weighted by Crippen LogP contribution is -2.07. The molecule has 19 heavy (non-hydrogen) atoms. The summed E-state index contributed by atoms with van der Waals surface area (Å²) in [6.07, 6.45) is 5.19. The van der Waals surface area contributed by atoms with Crippen LogP contribution in [0.5, 0.6) is 5.88 Å². The van der Waals surface area contributed by atoms with Crippen LogP contribution in [0.4, 0.5) is 0 Å². The molecule has 0 aliphatic heterocycles. The van der Waals surface area contributed by atoms with Crippen molar-refractivity contribution in [1.82, 2.24) is 9.97 Å². The largest absolute Gasteiger partial charge is 0.493 e. The molecular weight excluding hydrogens is 260 g/mol. The highest BCUT2D eigenvalue weighted by Crippen LogP contribution is 2.25. The molecule has 0 spiro atoms. The first kappa shape index (κ1) is 11.7. The smallest absolute Gasteiger partial charge is 0.215 e. The lowest BCUT2D eigenvalue weighted by molar-refractivity contribution is 0.103. The van der Waals surface area contributed by atoms with E-state index in [1.54, 1.807) is 18.2 Å². The number of hydrogen-bond donors (Lipinski definition) is 3. The maximum Gasteiger partial charge on any atom is 0.215 e. The molecule has 1 aliphatic rings. The predicted molar refractivity (Wildman–Crippen MR) is 75.4 cm³/mol. The first-order valence-corrected chi connectivity index (χ1v) is 6.11. The Morgan fingerprint density at radius 1 is 1.16 bits per heavy atom. The zero-order valence-corrected chi connectivity index (χ0v) is 10.6. The summed E-state index contributed by atoms with van der Waals surface area (Å²) in [5, 5.41) is 9.61. The van der Waals surface area contributed by atoms with E-state index < -0.39 is 0 Å². The van der Waals surface area contributed by atoms with Gasteiger partial charge < -0.3 is 15.1 Å². The summed E-state index contributed by atoms with van der Waals surface area (Å²) >= 11 is 4.88. The molecule has 0 saturated heterocycles. The van der Waals surface area contributed by atoms with Crippen LogP contribution in [-0.4, -0.2) is 20.9 Å². The first-order chi connectivity index (χ1) is 9.15. The first-order valence-electron chi connectivity index (χ1n) is 5.70. The average molecular weight is 270 g/mol. The van der Waals surface area contributed by atoms with Crippen LogP contribution in [0.1, 0.15) is 21.6 Å². The van der Waals surface area contributed by atoms with Gasteiger partial charge in [0.15, 0.2) is 10.6 Å². The number of rotatable bonds is 1. The van der Waals surface area contributed by atoms with Crippen molar-refractivity contribution < 1.29 is 9.90 Å². The Kier molecular flexibility index (Phi) is 2.68. The Bertz CT molecular complexity index is 781. The molecule has 3 rings (SSSR count). The number of aromatic amines is 2. The molecule has 2 aromatic rings. The van der Waals surface area contributed by atoms with E-state index in [0.29, 0.717) is 21.6 Å². The van der Waals surface area contributed by atoms with Crippen LogP contribution >= 0.6 is 12.2 Å². The zero-order valence-electron chi connectivity index (χ0n) is 9.81. The number of aromatic nitrogens is 2. The summed E-state index contributed by atoms with van der Waals surface area (Å²) in [6, 6.07) is 7.39. The van der Waals surface area contributed by atoms with Crippen LogP contribution < -0.4 is 0 Å². The van der Waals surface area contributed by atoms with Crippen molar-refractivity contribution in [3.05, 3.63) is 57.5 Å². The summed E-state index contributed by atoms with van der Waals surface area (Å²) in [7, 11) is 0. The number of hydrogen-bond acceptors (Lipinski definition) is 3. The van der Waals surface area contributed by atoms with E-state index >= 15 is 0 Å². The van der Waals surface area contributed by atoms with Gasteiger partial charge in [0.05, 0.1) is 0 Å². The third-order valence-corrected chi connectivity index (χ3v) is 3.15. The third-order valence-electron chi connectivity index (χ3n) is 2.95. The van der Waals surface area contributed by atoms with Crippen molar-refractivity contribution in [3.63, 3.8) is 0 Å². The van der Waals surface area contributed by atoms with Gasteiger partial charge in [-0.2, -0.15) is 0 Å². The molecule has 0 unspecified atom stereocenters. The normalized spacial score (nSPS) is 15.8. The Hall–Kier alpha value is -2.40. The summed E-state index contributed by atoms with van der Waals surface area (Å²) in [6.45, 7) is 0. The number of carbonyl (C=O) groups is 1. The predicted octanol–water partition coefficient (Wildman–Crippen LogP) is 3.07. The topological polar surface area (TPSA) is 68.9 Å². The molecule has 0 saturated carbocycles. The number of ketones is 1. The number of nitrogens with one attached hydrogen (secondary N) is 2. The van der Waals surface area contributed by atoms with Gasteiger partial charge in [0.2, 0.25) is 5.88 Å². The molecular formula is C14H10N2O2S. The van der Waals surface area contributed by atoms with Gasteiger partial charge in [-0.3, -0.25) is 4.79 Å². The van der Waals surface area contributed by atoms with Gasteiger partial charge in [0.1, 0.15) is 5.69 Å². The van der Waals surface area contributed by atoms with Gasteiger partial charge in [-0.05, 0) is 23.9 Å². The van der Waals surface area contributed by atoms with Crippen LogP contribution in [0.25, 0.3) is 12.2 Å². The van der Waals surface area contributed by atoms with E-state index in [1.807, 2.05) is 24.3 Å². The van der Waals surface area contributed by atoms with E-state index in [9.17, 15) is 9.90 Å². The minimum absolute atomic E-state index is 0.0713. The maximum absolute atomic E-state index is 12.3. The van der Waals surface area contributed by atoms with Crippen molar-refractivity contribution in [2.24, 2.45) is 0 Å². The standard InChI is InChI=1S/C14H10N2O2S/c17-12-9(7-11-13(18)16-14(19)15-11)6-5-8-3-1-2-4-10(8)12/h1-7,18H,(H2,15,16,19)/b9-7+. The highest BCUT2D eigenvalue weighted by molar-refractivity contribution is 7.71. The van der Waals surface area contributed by atoms with Crippen LogP contribution in [0.3, 0.4) is 0 Å². The van der Waals surface area contributed by atoms with Crippen LogP contribution in [0.2, 0.25) is 0 Å². The Morgan fingerprint density at radius 2 is 1.95 bits per heavy atom. The van der Waals surface area contributed by atoms with E-state index in [2.05, 4.69) is 9.97 Å². The number of Topliss-reactive ketones (excluding diaryl/α,β-unsaturated/α-hetero) is 1. The van der Waals surface area contributed by atoms with Gasteiger partial charge in [-0.1, -0.05) is 36.4 Å². The van der Waals surface area contributed by atoms with Crippen molar-refractivity contribution in [3.8, 4) is 5.88 Å². The SMILES string of the molecule is O=C1/C(=C/c2[nH]c(=S)[nH]c2O)C=Cc2ccccc21. The van der Waals surface area contributed by atoms with Crippen molar-refractivity contribution in [2.75, 3.05) is 0 Å². The molecule has 1 aromatic heterocycles. The number of fused-ring (bicyclic) bond motifs is 1. The van der Waals surface area contributed by atoms with Crippen molar-refractivity contribution >= 4 is 30.2 Å². The van der Waals surface area contributed by atoms with Crippen LogP contribution in [0.15, 0.2) is 35.9 Å². The lowest BCUT2D eigenvalue weighted by atomic mass is 9.92. The van der Waals surface area contributed by atoms with Gasteiger partial charge >= 0.3 is 0 Å². The number of aromatic hydroxyl groups is 1. The van der Waals surface area contributed by atoms with Crippen molar-refractivity contribution in [1.29, 1.82) is 0 Å². The summed E-state index contributed by atoms with van der Waals surface area (Å²) in [4.78, 5) is 17.6. The quantitative estimate of drug-likeness (QED) is 0.551. The molecule has 0 radical (unpaired) electrons. The molecule has 0 amide bonds. The van der Waals surface area contributed by atoms with Crippen molar-refractivity contribution in [2.45, 2.75) is 0 Å². The van der Waals surface area contributed by atoms with Gasteiger partial charge in [-0.15, -0.1) is 0 Å². The van der Waals surface area contributed by atoms with Gasteiger partial charge in [0, 0.05) is 11.1 Å². The van der Waals surface area contributed by atoms with Crippen LogP contribution in [-0.2, 0) is 0 Å². The molecule has 3 N–H and O–H groups in total. The van der Waals surface area contributed by atoms with Crippen LogP contribution in [0, 0.1) is 4.77 Å². The molecule has 0 bridgehead atoms. The molecule has 0 atom stereocenters. The molecule has 1 aliphatic carbocycles. The lowest BCUT2D eigenvalue weighted by Gasteiger charge is -2.11. The Labute approximate surface area is 114 Å². The molecule has 5 heteroatoms. The monoisotopic (exact) mass is 270 g/mol. The molecule has 0 fully saturated rings. The third kappa shape index (κ3) is 2.04. The molecule has 1 aromatic carbocycles. The van der Waals surface area contributed by atoms with E-state index in [4.69, 9.17) is 12.2 Å². The minimum Gasteiger partial charge on any atom is -0.493 e.